The first-order valence-corrected chi connectivity index (χ1v) is 44.5. The minimum atomic E-state index is -4.96. The van der Waals surface area contributed by atoms with E-state index >= 15 is 0 Å². The van der Waals surface area contributed by atoms with Crippen molar-refractivity contribution in [2.24, 2.45) is 17.8 Å². The third kappa shape index (κ3) is 70.2. The number of rotatable bonds is 78. The van der Waals surface area contributed by atoms with Crippen molar-refractivity contribution in [1.82, 2.24) is 0 Å². The quantitative estimate of drug-likeness (QED) is 0.0222. The van der Waals surface area contributed by atoms with E-state index in [-0.39, 0.29) is 25.7 Å². The van der Waals surface area contributed by atoms with Crippen LogP contribution in [0, 0.1) is 17.8 Å². The molecule has 0 aliphatic heterocycles. The van der Waals surface area contributed by atoms with Gasteiger partial charge in [-0.2, -0.15) is 0 Å². The summed E-state index contributed by atoms with van der Waals surface area (Å²) in [5.41, 5.74) is 0. The summed E-state index contributed by atoms with van der Waals surface area (Å²) in [6.45, 7) is 12.0. The smallest absolute Gasteiger partial charge is 0.462 e. The summed E-state index contributed by atoms with van der Waals surface area (Å²) in [6.07, 6.45) is 58.2. The highest BCUT2D eigenvalue weighted by atomic mass is 31.2. The van der Waals surface area contributed by atoms with Gasteiger partial charge in [0.05, 0.1) is 26.4 Å². The number of phosphoric acid groups is 2. The number of unbranched alkanes of at least 4 members (excludes halogenated alkanes) is 43. The Morgan fingerprint density at radius 3 is 0.717 bits per heavy atom. The van der Waals surface area contributed by atoms with E-state index in [1.165, 1.54) is 218 Å². The molecule has 8 atom stereocenters. The van der Waals surface area contributed by atoms with E-state index in [2.05, 4.69) is 48.5 Å². The molecule has 0 aromatic rings. The second-order valence-corrected chi connectivity index (χ2v) is 32.4. The van der Waals surface area contributed by atoms with E-state index in [4.69, 9.17) is 37.0 Å². The van der Waals surface area contributed by atoms with Gasteiger partial charge in [-0.3, -0.25) is 37.3 Å². The van der Waals surface area contributed by atoms with Crippen LogP contribution in [0.15, 0.2) is 0 Å². The fourth-order valence-electron chi connectivity index (χ4n) is 12.2. The number of hydrogen-bond donors (Lipinski definition) is 3. The molecule has 588 valence electrons. The van der Waals surface area contributed by atoms with Gasteiger partial charge in [0.15, 0.2) is 12.2 Å². The van der Waals surface area contributed by atoms with Gasteiger partial charge in [-0.1, -0.05) is 363 Å². The minimum absolute atomic E-state index is 0.107. The molecule has 0 fully saturated rings. The lowest BCUT2D eigenvalue weighted by atomic mass is 9.99. The zero-order chi connectivity index (χ0) is 73.0. The maximum Gasteiger partial charge on any atom is 0.472 e. The van der Waals surface area contributed by atoms with Crippen molar-refractivity contribution in [1.29, 1.82) is 0 Å². The number of carbonyl (C=O) groups is 4. The van der Waals surface area contributed by atoms with Gasteiger partial charge in [-0.15, -0.1) is 0 Å². The van der Waals surface area contributed by atoms with Crippen LogP contribution in [-0.2, 0) is 65.4 Å². The van der Waals surface area contributed by atoms with Gasteiger partial charge in [0.25, 0.3) is 0 Å². The lowest BCUT2D eigenvalue weighted by Crippen LogP contribution is -2.30. The van der Waals surface area contributed by atoms with Crippen LogP contribution in [0.1, 0.15) is 414 Å². The van der Waals surface area contributed by atoms with Gasteiger partial charge in [-0.05, 0) is 43.4 Å². The molecule has 0 spiro atoms. The second-order valence-electron chi connectivity index (χ2n) is 29.5. The van der Waals surface area contributed by atoms with E-state index < -0.39 is 97.5 Å². The average molecular weight is 1450 g/mol. The Labute approximate surface area is 607 Å². The van der Waals surface area contributed by atoms with Crippen LogP contribution in [0.4, 0.5) is 0 Å². The number of hydrogen-bond acceptors (Lipinski definition) is 15. The molecule has 0 radical (unpaired) electrons. The summed E-state index contributed by atoms with van der Waals surface area (Å²) in [7, 11) is -9.92. The van der Waals surface area contributed by atoms with Gasteiger partial charge in [-0.25, -0.2) is 9.13 Å². The van der Waals surface area contributed by atoms with E-state index in [1.807, 2.05) is 0 Å². The summed E-state index contributed by atoms with van der Waals surface area (Å²) in [5.74, 6) is 0.298. The molecule has 0 aliphatic carbocycles. The topological polar surface area (TPSA) is 237 Å². The SMILES string of the molecule is CCCCCCCCCCCCCCCC(=O)O[C@H](COC(=O)CCCCCCCCC(C)CC)COP(=O)(O)OC[C@H](O)COP(=O)(O)OC[C@@H](COC(=O)CCCCCCCCCCCCC(C)CC)OC(=O)CCCCCCCCCCCCCCCCCCCCC(C)CC. The van der Waals surface area contributed by atoms with E-state index in [0.717, 1.165) is 114 Å². The molecule has 19 heteroatoms. The molecule has 99 heavy (non-hydrogen) atoms. The number of esters is 4. The van der Waals surface area contributed by atoms with Crippen LogP contribution in [-0.4, -0.2) is 96.7 Å². The van der Waals surface area contributed by atoms with Crippen molar-refractivity contribution in [3.63, 3.8) is 0 Å². The molecular formula is C80H156O17P2. The van der Waals surface area contributed by atoms with Gasteiger partial charge >= 0.3 is 39.5 Å². The largest absolute Gasteiger partial charge is 0.472 e. The molecular weight excluding hydrogens is 1290 g/mol. The summed E-state index contributed by atoms with van der Waals surface area (Å²) < 4.78 is 68.6. The van der Waals surface area contributed by atoms with Crippen molar-refractivity contribution in [3.8, 4) is 0 Å². The van der Waals surface area contributed by atoms with Crippen LogP contribution in [0.25, 0.3) is 0 Å². The van der Waals surface area contributed by atoms with Crippen LogP contribution < -0.4 is 0 Å². The van der Waals surface area contributed by atoms with Crippen molar-refractivity contribution in [2.75, 3.05) is 39.6 Å². The van der Waals surface area contributed by atoms with Gasteiger partial charge in [0.1, 0.15) is 19.3 Å². The first kappa shape index (κ1) is 97.1. The predicted molar refractivity (Wildman–Crippen MR) is 405 cm³/mol. The molecule has 0 aliphatic rings. The summed E-state index contributed by atoms with van der Waals surface area (Å²) >= 11 is 0. The van der Waals surface area contributed by atoms with Crippen LogP contribution in [0.2, 0.25) is 0 Å². The Kier molecular flexibility index (Phi) is 69.0. The van der Waals surface area contributed by atoms with Gasteiger partial charge in [0, 0.05) is 25.7 Å². The highest BCUT2D eigenvalue weighted by molar-refractivity contribution is 7.47. The molecule has 0 rings (SSSR count). The molecule has 17 nitrogen and oxygen atoms in total. The number of aliphatic hydroxyl groups excluding tert-OH is 1. The number of ether oxygens (including phenoxy) is 4. The Morgan fingerprint density at radius 1 is 0.283 bits per heavy atom. The molecule has 0 saturated heterocycles. The zero-order valence-corrected chi connectivity index (χ0v) is 66.8. The standard InChI is InChI=1S/C80H156O17P2/c1-8-12-13-14-15-16-17-24-28-35-40-49-56-63-80(85)97-76(68-91-78(83)62-55-48-43-42-46-53-60-73(7)11-4)70-95-99(88,89)93-66-74(81)65-92-98(86,87)94-69-75(67-90-77(82)61-54-47-39-34-31-30-33-38-45-52-59-72(6)10-3)96-79(84)64-57-50-41-36-29-26-23-21-19-18-20-22-25-27-32-37-44-51-58-71(5)9-2/h71-76,81H,8-70H2,1-7H3,(H,86,87)(H,88,89)/t71?,72?,73?,74-,75-,76-/m1/s1. The van der Waals surface area contributed by atoms with Crippen LogP contribution >= 0.6 is 15.6 Å². The Morgan fingerprint density at radius 2 is 0.485 bits per heavy atom. The molecule has 0 saturated carbocycles. The second kappa shape index (κ2) is 70.4. The normalized spacial score (nSPS) is 14.8. The van der Waals surface area contributed by atoms with E-state index in [1.54, 1.807) is 0 Å². The zero-order valence-electron chi connectivity index (χ0n) is 65.0. The third-order valence-electron chi connectivity index (χ3n) is 19.7. The van der Waals surface area contributed by atoms with Crippen molar-refractivity contribution in [2.45, 2.75) is 433 Å². The molecule has 0 bridgehead atoms. The Hall–Kier alpha value is -1.94. The van der Waals surface area contributed by atoms with E-state index in [9.17, 15) is 43.2 Å². The molecule has 0 aromatic heterocycles. The van der Waals surface area contributed by atoms with Crippen molar-refractivity contribution < 1.29 is 80.2 Å². The lowest BCUT2D eigenvalue weighted by molar-refractivity contribution is -0.161. The Bertz CT molecular complexity index is 1930. The van der Waals surface area contributed by atoms with Crippen LogP contribution in [0.5, 0.6) is 0 Å². The highest BCUT2D eigenvalue weighted by Gasteiger charge is 2.30. The number of phosphoric ester groups is 2. The monoisotopic (exact) mass is 1450 g/mol. The third-order valence-corrected chi connectivity index (χ3v) is 21.6. The van der Waals surface area contributed by atoms with Crippen LogP contribution in [0.3, 0.4) is 0 Å². The highest BCUT2D eigenvalue weighted by Crippen LogP contribution is 2.45. The van der Waals surface area contributed by atoms with Gasteiger partial charge in [0.2, 0.25) is 0 Å². The first-order valence-electron chi connectivity index (χ1n) is 41.5. The Balaban J connectivity index is 5.21. The summed E-state index contributed by atoms with van der Waals surface area (Å²) in [6, 6.07) is 0. The number of aliphatic hydroxyl groups is 1. The molecule has 5 unspecified atom stereocenters. The molecule has 0 aromatic carbocycles. The van der Waals surface area contributed by atoms with Gasteiger partial charge < -0.3 is 33.8 Å². The predicted octanol–water partition coefficient (Wildman–Crippen LogP) is 23.7. The fourth-order valence-corrected chi connectivity index (χ4v) is 13.8. The lowest BCUT2D eigenvalue weighted by Gasteiger charge is -2.21. The van der Waals surface area contributed by atoms with Crippen molar-refractivity contribution >= 4 is 39.5 Å². The summed E-state index contributed by atoms with van der Waals surface area (Å²) in [4.78, 5) is 72.9. The average Bonchev–Trinajstić information content (AvgIpc) is 1.29. The molecule has 0 heterocycles. The molecule has 3 N–H and O–H groups in total. The molecule has 0 amide bonds. The van der Waals surface area contributed by atoms with Crippen molar-refractivity contribution in [3.05, 3.63) is 0 Å². The minimum Gasteiger partial charge on any atom is -0.462 e. The maximum absolute atomic E-state index is 13.1. The summed E-state index contributed by atoms with van der Waals surface area (Å²) in [5, 5.41) is 10.6. The van der Waals surface area contributed by atoms with E-state index in [0.29, 0.717) is 25.7 Å². The first-order chi connectivity index (χ1) is 47.8. The number of carbonyl (C=O) groups excluding carboxylic acids is 4. The maximum atomic E-state index is 13.1. The fraction of sp³-hybridized carbons (Fsp3) is 0.950.